The second-order valence-electron chi connectivity index (χ2n) is 5.82. The van der Waals surface area contributed by atoms with Crippen molar-refractivity contribution in [3.05, 3.63) is 76.6 Å². The Kier molecular flexibility index (Phi) is 4.07. The van der Waals surface area contributed by atoms with Gasteiger partial charge in [-0.05, 0) is 42.8 Å². The smallest absolute Gasteiger partial charge is 0.130 e. The van der Waals surface area contributed by atoms with Crippen LogP contribution in [0.1, 0.15) is 25.0 Å². The first-order valence-corrected chi connectivity index (χ1v) is 7.90. The molecule has 2 aromatic rings. The van der Waals surface area contributed by atoms with Gasteiger partial charge in [0, 0.05) is 17.1 Å². The molecule has 0 aliphatic carbocycles. The Balaban J connectivity index is 2.08. The Labute approximate surface area is 136 Å². The molecule has 0 bridgehead atoms. The first-order valence-electron chi connectivity index (χ1n) is 7.52. The summed E-state index contributed by atoms with van der Waals surface area (Å²) in [5, 5.41) is 0.564. The molecule has 1 atom stereocenters. The highest BCUT2D eigenvalue weighted by molar-refractivity contribution is 6.30. The van der Waals surface area contributed by atoms with Gasteiger partial charge in [-0.25, -0.2) is 4.39 Å². The van der Waals surface area contributed by atoms with Crippen molar-refractivity contribution in [2.75, 3.05) is 13.1 Å². The van der Waals surface area contributed by atoms with E-state index in [2.05, 4.69) is 37.0 Å². The summed E-state index contributed by atoms with van der Waals surface area (Å²) in [5.41, 5.74) is 2.59. The summed E-state index contributed by atoms with van der Waals surface area (Å²) >= 11 is 6.05. The summed E-state index contributed by atoms with van der Waals surface area (Å²) in [7, 11) is 0. The van der Waals surface area contributed by atoms with Gasteiger partial charge in [-0.3, -0.25) is 4.90 Å². The molecule has 0 amide bonds. The molecule has 0 saturated heterocycles. The molecular formula is C19H19ClFN. The lowest BCUT2D eigenvalue weighted by molar-refractivity contribution is 0.194. The normalized spacial score (nSPS) is 21.9. The van der Waals surface area contributed by atoms with Gasteiger partial charge in [0.05, 0.1) is 5.54 Å². The first kappa shape index (κ1) is 15.3. The van der Waals surface area contributed by atoms with Crippen LogP contribution < -0.4 is 0 Å². The summed E-state index contributed by atoms with van der Waals surface area (Å²) in [6.07, 6.45) is 2.17. The maximum Gasteiger partial charge on any atom is 0.130 e. The van der Waals surface area contributed by atoms with E-state index in [0.717, 1.165) is 18.7 Å². The molecule has 0 spiro atoms. The van der Waals surface area contributed by atoms with Crippen molar-refractivity contribution in [3.63, 3.8) is 0 Å². The van der Waals surface area contributed by atoms with E-state index in [4.69, 9.17) is 11.6 Å². The molecule has 0 N–H and O–H groups in total. The molecule has 1 heterocycles. The molecule has 3 rings (SSSR count). The van der Waals surface area contributed by atoms with Crippen molar-refractivity contribution >= 4 is 17.2 Å². The van der Waals surface area contributed by atoms with Crippen LogP contribution >= 0.6 is 11.6 Å². The summed E-state index contributed by atoms with van der Waals surface area (Å²) in [5.74, 6) is -0.219. The quantitative estimate of drug-likeness (QED) is 0.760. The third kappa shape index (κ3) is 2.57. The molecule has 0 radical (unpaired) electrons. The number of rotatable bonds is 3. The van der Waals surface area contributed by atoms with Gasteiger partial charge < -0.3 is 0 Å². The first-order chi connectivity index (χ1) is 10.5. The molecule has 0 saturated carbocycles. The average molecular weight is 316 g/mol. The fourth-order valence-electron chi connectivity index (χ4n) is 3.23. The monoisotopic (exact) mass is 315 g/mol. The third-order valence-corrected chi connectivity index (χ3v) is 4.72. The van der Waals surface area contributed by atoms with E-state index >= 15 is 0 Å². The molecule has 2 aromatic carbocycles. The Morgan fingerprint density at radius 3 is 2.59 bits per heavy atom. The van der Waals surface area contributed by atoms with Gasteiger partial charge in [0.2, 0.25) is 0 Å². The molecule has 0 fully saturated rings. The van der Waals surface area contributed by atoms with E-state index in [1.807, 2.05) is 18.2 Å². The highest BCUT2D eigenvalue weighted by atomic mass is 35.5. The van der Waals surface area contributed by atoms with Crippen LogP contribution in [0.15, 0.2) is 54.6 Å². The van der Waals surface area contributed by atoms with Gasteiger partial charge >= 0.3 is 0 Å². The molecule has 0 aromatic heterocycles. The Morgan fingerprint density at radius 2 is 1.91 bits per heavy atom. The average Bonchev–Trinajstić information content (AvgIpc) is 2.88. The minimum absolute atomic E-state index is 0.219. The molecular weight excluding hydrogens is 297 g/mol. The number of likely N-dealkylation sites (N-methyl/N-ethyl adjacent to an activating group) is 1. The fourth-order valence-corrected chi connectivity index (χ4v) is 3.41. The maximum atomic E-state index is 14.2. The van der Waals surface area contributed by atoms with Crippen LogP contribution in [0.5, 0.6) is 0 Å². The second-order valence-corrected chi connectivity index (χ2v) is 6.26. The molecule has 1 aliphatic rings. The maximum absolute atomic E-state index is 14.2. The van der Waals surface area contributed by atoms with Crippen LogP contribution in [0.4, 0.5) is 4.39 Å². The fraction of sp³-hybridized carbons (Fsp3) is 0.263. The number of benzene rings is 2. The van der Waals surface area contributed by atoms with E-state index in [0.29, 0.717) is 10.6 Å². The zero-order chi connectivity index (χ0) is 15.7. The van der Waals surface area contributed by atoms with Gasteiger partial charge in [-0.15, -0.1) is 0 Å². The predicted molar refractivity (Wildman–Crippen MR) is 90.4 cm³/mol. The summed E-state index contributed by atoms with van der Waals surface area (Å²) in [6.45, 7) is 5.93. The lowest BCUT2D eigenvalue weighted by Crippen LogP contribution is -2.38. The van der Waals surface area contributed by atoms with Crippen molar-refractivity contribution in [2.24, 2.45) is 0 Å². The van der Waals surface area contributed by atoms with Crippen molar-refractivity contribution in [2.45, 2.75) is 19.4 Å². The van der Waals surface area contributed by atoms with Crippen molar-refractivity contribution in [1.82, 2.24) is 4.90 Å². The largest absolute Gasteiger partial charge is 0.286 e. The minimum atomic E-state index is -0.222. The lowest BCUT2D eigenvalue weighted by Gasteiger charge is -2.34. The van der Waals surface area contributed by atoms with Gasteiger partial charge in [0.15, 0.2) is 0 Å². The number of hydrogen-bond acceptors (Lipinski definition) is 1. The zero-order valence-corrected chi connectivity index (χ0v) is 13.6. The number of nitrogens with zero attached hydrogens (tertiary/aromatic N) is 1. The van der Waals surface area contributed by atoms with Gasteiger partial charge in [0.1, 0.15) is 5.82 Å². The molecule has 0 unspecified atom stereocenters. The van der Waals surface area contributed by atoms with Crippen molar-refractivity contribution in [3.8, 4) is 0 Å². The van der Waals surface area contributed by atoms with Crippen LogP contribution in [-0.4, -0.2) is 18.0 Å². The van der Waals surface area contributed by atoms with E-state index in [1.165, 1.54) is 11.6 Å². The van der Waals surface area contributed by atoms with E-state index < -0.39 is 0 Å². The predicted octanol–water partition coefficient (Wildman–Crippen LogP) is 5.11. The topological polar surface area (TPSA) is 3.24 Å². The number of hydrogen-bond donors (Lipinski definition) is 0. The molecule has 1 nitrogen and oxygen atoms in total. The zero-order valence-electron chi connectivity index (χ0n) is 12.8. The Morgan fingerprint density at radius 1 is 1.18 bits per heavy atom. The van der Waals surface area contributed by atoms with Gasteiger partial charge in [-0.1, -0.05) is 54.9 Å². The van der Waals surface area contributed by atoms with Crippen molar-refractivity contribution in [1.29, 1.82) is 0 Å². The van der Waals surface area contributed by atoms with Crippen LogP contribution in [0.2, 0.25) is 5.02 Å². The SMILES string of the molecule is CCN1CC(c2cc(Cl)ccc2F)=C[C@@]1(C)c1ccccc1. The van der Waals surface area contributed by atoms with Crippen LogP contribution in [0, 0.1) is 5.82 Å². The number of halogens is 2. The minimum Gasteiger partial charge on any atom is -0.286 e. The molecule has 22 heavy (non-hydrogen) atoms. The molecule has 3 heteroatoms. The van der Waals surface area contributed by atoms with E-state index in [-0.39, 0.29) is 11.4 Å². The van der Waals surface area contributed by atoms with E-state index in [1.54, 1.807) is 12.1 Å². The van der Waals surface area contributed by atoms with Crippen LogP contribution in [0.3, 0.4) is 0 Å². The lowest BCUT2D eigenvalue weighted by atomic mass is 9.90. The van der Waals surface area contributed by atoms with Gasteiger partial charge in [-0.2, -0.15) is 0 Å². The van der Waals surface area contributed by atoms with E-state index in [9.17, 15) is 4.39 Å². The summed E-state index contributed by atoms with van der Waals surface area (Å²) < 4.78 is 14.2. The van der Waals surface area contributed by atoms with Crippen LogP contribution in [0.25, 0.3) is 5.57 Å². The third-order valence-electron chi connectivity index (χ3n) is 4.49. The second kappa shape index (κ2) is 5.86. The Bertz CT molecular complexity index is 711. The highest BCUT2D eigenvalue weighted by Gasteiger charge is 2.37. The standard InChI is InChI=1S/C19H19ClFN/c1-3-22-13-14(17-11-16(20)9-10-18(17)21)12-19(22,2)15-7-5-4-6-8-15/h4-12H,3,13H2,1-2H3/t19-/m0/s1. The molecule has 114 valence electrons. The van der Waals surface area contributed by atoms with Gasteiger partial charge in [0.25, 0.3) is 0 Å². The summed E-state index contributed by atoms with van der Waals surface area (Å²) in [4.78, 5) is 2.35. The molecule has 1 aliphatic heterocycles. The highest BCUT2D eigenvalue weighted by Crippen LogP contribution is 2.40. The summed E-state index contributed by atoms with van der Waals surface area (Å²) in [6, 6.07) is 15.1. The van der Waals surface area contributed by atoms with Crippen molar-refractivity contribution < 1.29 is 4.39 Å². The van der Waals surface area contributed by atoms with Crippen LogP contribution in [-0.2, 0) is 5.54 Å². The Hall–Kier alpha value is -1.64.